The van der Waals surface area contributed by atoms with Crippen LogP contribution in [0.15, 0.2) is 48.5 Å². The SMILES string of the molecule is CC(Cc1cccc(F)c1)[C@H](N)C(=O)Nc1ccc(C(F)(F)F)cc1. The van der Waals surface area contributed by atoms with Crippen LogP contribution in [-0.4, -0.2) is 11.9 Å². The standard InChI is InChI=1S/C18H18F4N2O/c1-11(9-12-3-2-4-14(19)10-12)16(23)17(25)24-15-7-5-13(6-8-15)18(20,21)22/h2-8,10-11,16H,9,23H2,1H3,(H,24,25)/t11?,16-/m0/s1. The first-order valence-corrected chi connectivity index (χ1v) is 7.65. The predicted molar refractivity (Wildman–Crippen MR) is 87.3 cm³/mol. The van der Waals surface area contributed by atoms with Crippen LogP contribution in [0.4, 0.5) is 23.2 Å². The van der Waals surface area contributed by atoms with Gasteiger partial charge in [0.2, 0.25) is 5.91 Å². The minimum Gasteiger partial charge on any atom is -0.325 e. The Labute approximate surface area is 142 Å². The summed E-state index contributed by atoms with van der Waals surface area (Å²) in [6, 6.07) is 9.24. The molecule has 0 saturated carbocycles. The summed E-state index contributed by atoms with van der Waals surface area (Å²) in [5.74, 6) is -1.16. The smallest absolute Gasteiger partial charge is 0.325 e. The van der Waals surface area contributed by atoms with Crippen molar-refractivity contribution in [2.75, 3.05) is 5.32 Å². The molecule has 0 fully saturated rings. The minimum atomic E-state index is -4.43. The Kier molecular flexibility index (Phi) is 5.79. The van der Waals surface area contributed by atoms with Gasteiger partial charge in [0.25, 0.3) is 0 Å². The van der Waals surface area contributed by atoms with Gasteiger partial charge in [0.15, 0.2) is 0 Å². The maximum atomic E-state index is 13.2. The third kappa shape index (κ3) is 5.29. The van der Waals surface area contributed by atoms with Gasteiger partial charge in [0.1, 0.15) is 5.82 Å². The van der Waals surface area contributed by atoms with Gasteiger partial charge in [0.05, 0.1) is 11.6 Å². The maximum absolute atomic E-state index is 13.2. The van der Waals surface area contributed by atoms with Crippen LogP contribution in [0, 0.1) is 11.7 Å². The molecule has 2 aromatic carbocycles. The van der Waals surface area contributed by atoms with E-state index in [0.717, 1.165) is 12.1 Å². The van der Waals surface area contributed by atoms with Gasteiger partial charge in [-0.25, -0.2) is 4.39 Å². The van der Waals surface area contributed by atoms with Crippen molar-refractivity contribution in [2.24, 2.45) is 11.7 Å². The number of amides is 1. The normalized spacial score (nSPS) is 14.0. The van der Waals surface area contributed by atoms with E-state index in [-0.39, 0.29) is 17.4 Å². The van der Waals surface area contributed by atoms with E-state index in [1.807, 2.05) is 0 Å². The zero-order chi connectivity index (χ0) is 18.6. The maximum Gasteiger partial charge on any atom is 0.416 e. The lowest BCUT2D eigenvalue weighted by molar-refractivity contribution is -0.137. The van der Waals surface area contributed by atoms with E-state index in [4.69, 9.17) is 5.73 Å². The van der Waals surface area contributed by atoms with E-state index >= 15 is 0 Å². The predicted octanol–water partition coefficient (Wildman–Crippen LogP) is 3.99. The van der Waals surface area contributed by atoms with Crippen molar-refractivity contribution in [1.29, 1.82) is 0 Å². The number of hydrogen-bond acceptors (Lipinski definition) is 2. The monoisotopic (exact) mass is 354 g/mol. The van der Waals surface area contributed by atoms with Crippen LogP contribution < -0.4 is 11.1 Å². The van der Waals surface area contributed by atoms with E-state index in [0.29, 0.717) is 12.0 Å². The molecule has 0 spiro atoms. The highest BCUT2D eigenvalue weighted by atomic mass is 19.4. The van der Waals surface area contributed by atoms with Crippen LogP contribution in [0.1, 0.15) is 18.1 Å². The summed E-state index contributed by atoms with van der Waals surface area (Å²) in [7, 11) is 0. The quantitative estimate of drug-likeness (QED) is 0.798. The molecule has 0 aliphatic rings. The van der Waals surface area contributed by atoms with Gasteiger partial charge < -0.3 is 11.1 Å². The molecule has 1 amide bonds. The van der Waals surface area contributed by atoms with Gasteiger partial charge in [-0.1, -0.05) is 19.1 Å². The van der Waals surface area contributed by atoms with Crippen molar-refractivity contribution >= 4 is 11.6 Å². The van der Waals surface area contributed by atoms with Gasteiger partial charge in [0, 0.05) is 5.69 Å². The van der Waals surface area contributed by atoms with Gasteiger partial charge in [-0.05, 0) is 54.3 Å². The lowest BCUT2D eigenvalue weighted by Gasteiger charge is -2.19. The molecule has 7 heteroatoms. The van der Waals surface area contributed by atoms with Crippen molar-refractivity contribution in [3.63, 3.8) is 0 Å². The molecule has 134 valence electrons. The summed E-state index contributed by atoms with van der Waals surface area (Å²) in [5.41, 5.74) is 6.05. The lowest BCUT2D eigenvalue weighted by atomic mass is 9.94. The number of anilines is 1. The molecule has 2 aromatic rings. The summed E-state index contributed by atoms with van der Waals surface area (Å²) in [6.45, 7) is 1.75. The Bertz CT molecular complexity index is 729. The van der Waals surface area contributed by atoms with Gasteiger partial charge in [-0.2, -0.15) is 13.2 Å². The lowest BCUT2D eigenvalue weighted by Crippen LogP contribution is -2.41. The topological polar surface area (TPSA) is 55.1 Å². The van der Waals surface area contributed by atoms with Gasteiger partial charge in [-0.15, -0.1) is 0 Å². The van der Waals surface area contributed by atoms with Crippen molar-refractivity contribution in [2.45, 2.75) is 25.6 Å². The number of rotatable bonds is 5. The second kappa shape index (κ2) is 7.65. The molecule has 0 radical (unpaired) electrons. The highest BCUT2D eigenvalue weighted by molar-refractivity contribution is 5.94. The number of nitrogens with one attached hydrogen (secondary N) is 1. The fourth-order valence-corrected chi connectivity index (χ4v) is 2.39. The molecule has 3 nitrogen and oxygen atoms in total. The summed E-state index contributed by atoms with van der Waals surface area (Å²) in [4.78, 5) is 12.2. The van der Waals surface area contributed by atoms with Crippen molar-refractivity contribution in [1.82, 2.24) is 0 Å². The first-order valence-electron chi connectivity index (χ1n) is 7.65. The molecular formula is C18H18F4N2O. The molecule has 2 atom stereocenters. The van der Waals surface area contributed by atoms with Crippen LogP contribution in [0.3, 0.4) is 0 Å². The van der Waals surface area contributed by atoms with Gasteiger partial charge in [-0.3, -0.25) is 4.79 Å². The first kappa shape index (κ1) is 18.9. The molecule has 25 heavy (non-hydrogen) atoms. The first-order chi connectivity index (χ1) is 11.7. The molecule has 0 bridgehead atoms. The molecule has 0 aliphatic carbocycles. The highest BCUT2D eigenvalue weighted by Gasteiger charge is 2.30. The molecular weight excluding hydrogens is 336 g/mol. The van der Waals surface area contributed by atoms with Crippen LogP contribution in [0.25, 0.3) is 0 Å². The molecule has 0 aliphatic heterocycles. The summed E-state index contributed by atoms with van der Waals surface area (Å²) >= 11 is 0. The summed E-state index contributed by atoms with van der Waals surface area (Å²) in [5, 5.41) is 2.49. The van der Waals surface area contributed by atoms with Crippen LogP contribution in [-0.2, 0) is 17.4 Å². The van der Waals surface area contributed by atoms with Gasteiger partial charge >= 0.3 is 6.18 Å². The van der Waals surface area contributed by atoms with Crippen LogP contribution in [0.5, 0.6) is 0 Å². The zero-order valence-corrected chi connectivity index (χ0v) is 13.5. The Hall–Kier alpha value is -2.41. The Balaban J connectivity index is 1.97. The minimum absolute atomic E-state index is 0.228. The molecule has 3 N–H and O–H groups in total. The number of hydrogen-bond donors (Lipinski definition) is 2. The van der Waals surface area contributed by atoms with Crippen molar-refractivity contribution in [3.05, 3.63) is 65.5 Å². The Morgan fingerprint density at radius 1 is 1.16 bits per heavy atom. The highest BCUT2D eigenvalue weighted by Crippen LogP contribution is 2.29. The second-order valence-corrected chi connectivity index (χ2v) is 5.90. The second-order valence-electron chi connectivity index (χ2n) is 5.90. The van der Waals surface area contributed by atoms with E-state index in [9.17, 15) is 22.4 Å². The third-order valence-electron chi connectivity index (χ3n) is 3.84. The number of halogens is 4. The summed E-state index contributed by atoms with van der Waals surface area (Å²) < 4.78 is 50.7. The fraction of sp³-hybridized carbons (Fsp3) is 0.278. The Morgan fingerprint density at radius 2 is 1.80 bits per heavy atom. The average Bonchev–Trinajstić information content (AvgIpc) is 2.53. The zero-order valence-electron chi connectivity index (χ0n) is 13.5. The van der Waals surface area contributed by atoms with E-state index in [2.05, 4.69) is 5.32 Å². The molecule has 0 aromatic heterocycles. The van der Waals surface area contributed by atoms with Crippen LogP contribution in [0.2, 0.25) is 0 Å². The third-order valence-corrected chi connectivity index (χ3v) is 3.84. The number of alkyl halides is 3. The van der Waals surface area contributed by atoms with Crippen molar-refractivity contribution < 1.29 is 22.4 Å². The fourth-order valence-electron chi connectivity index (χ4n) is 2.39. The van der Waals surface area contributed by atoms with E-state index in [1.54, 1.807) is 19.1 Å². The van der Waals surface area contributed by atoms with Crippen molar-refractivity contribution in [3.8, 4) is 0 Å². The number of nitrogens with two attached hydrogens (primary N) is 1. The largest absolute Gasteiger partial charge is 0.416 e. The number of carbonyl (C=O) groups excluding carboxylic acids is 1. The number of benzene rings is 2. The van der Waals surface area contributed by atoms with E-state index in [1.165, 1.54) is 24.3 Å². The van der Waals surface area contributed by atoms with Crippen LogP contribution >= 0.6 is 0 Å². The molecule has 1 unspecified atom stereocenters. The molecule has 2 rings (SSSR count). The molecule has 0 saturated heterocycles. The number of carbonyl (C=O) groups is 1. The summed E-state index contributed by atoms with van der Waals surface area (Å²) in [6.07, 6.45) is -4.03. The Morgan fingerprint density at radius 3 is 2.36 bits per heavy atom. The molecule has 0 heterocycles. The van der Waals surface area contributed by atoms with E-state index < -0.39 is 23.7 Å². The average molecular weight is 354 g/mol.